The van der Waals surface area contributed by atoms with E-state index in [1.54, 1.807) is 0 Å². The molecule has 0 spiro atoms. The van der Waals surface area contributed by atoms with E-state index < -0.39 is 18.8 Å². The molecule has 2 aliphatic rings. The van der Waals surface area contributed by atoms with E-state index in [4.69, 9.17) is 0 Å². The van der Waals surface area contributed by atoms with Crippen LogP contribution in [-0.4, -0.2) is 56.4 Å². The number of anilines is 4. The molecule has 0 N–H and O–H groups in total. The molecule has 227 valence electrons. The van der Waals surface area contributed by atoms with Gasteiger partial charge in [0.25, 0.3) is 0 Å². The fraction of sp³-hybridized carbons (Fsp3) is 0.282. The van der Waals surface area contributed by atoms with E-state index in [0.29, 0.717) is 0 Å². The number of benzene rings is 4. The molecular formula is C39H47N4Zr. The van der Waals surface area contributed by atoms with E-state index in [-0.39, 0.29) is 7.25 Å². The third kappa shape index (κ3) is 4.26. The Morgan fingerprint density at radius 2 is 0.750 bits per heavy atom. The molecule has 0 bridgehead atoms. The summed E-state index contributed by atoms with van der Waals surface area (Å²) in [6.45, 7) is 0. The molecule has 4 aromatic rings. The second-order valence-corrected chi connectivity index (χ2v) is 29.3. The Balaban J connectivity index is 1.81. The van der Waals surface area contributed by atoms with Crippen LogP contribution in [0.2, 0.25) is 4.63 Å². The average molecular weight is 663 g/mol. The molecule has 0 radical (unpaired) electrons. The van der Waals surface area contributed by atoms with Gasteiger partial charge < -0.3 is 0 Å². The zero-order valence-electron chi connectivity index (χ0n) is 27.8. The van der Waals surface area contributed by atoms with Crippen LogP contribution < -0.4 is 26.1 Å². The Bertz CT molecular complexity index is 1620. The Labute approximate surface area is 266 Å². The number of allylic oxidation sites excluding steroid dienone is 2. The quantitative estimate of drug-likeness (QED) is 0.198. The van der Waals surface area contributed by atoms with Crippen LogP contribution in [0.3, 0.4) is 0 Å². The first-order valence-corrected chi connectivity index (χ1v) is 23.4. The molecule has 5 heteroatoms. The second kappa shape index (κ2) is 11.1. The van der Waals surface area contributed by atoms with E-state index in [1.807, 2.05) is 0 Å². The van der Waals surface area contributed by atoms with Crippen LogP contribution in [0.15, 0.2) is 97.1 Å². The molecule has 4 aromatic carbocycles. The summed E-state index contributed by atoms with van der Waals surface area (Å²) in [5, 5.41) is 0. The van der Waals surface area contributed by atoms with E-state index in [9.17, 15) is 0 Å². The van der Waals surface area contributed by atoms with Crippen molar-refractivity contribution in [1.82, 2.24) is 0 Å². The van der Waals surface area contributed by atoms with Crippen molar-refractivity contribution in [3.8, 4) is 0 Å². The first kappa shape index (κ1) is 30.5. The van der Waals surface area contributed by atoms with E-state index in [2.05, 4.69) is 190 Å². The summed E-state index contributed by atoms with van der Waals surface area (Å²) >= 11 is -4.65. The predicted octanol–water partition coefficient (Wildman–Crippen LogP) is 7.18. The van der Waals surface area contributed by atoms with Crippen LogP contribution in [-0.2, 0) is 18.8 Å². The zero-order valence-corrected chi connectivity index (χ0v) is 30.3. The molecule has 0 saturated carbocycles. The van der Waals surface area contributed by atoms with Crippen molar-refractivity contribution in [1.29, 1.82) is 0 Å². The van der Waals surface area contributed by atoms with Crippen molar-refractivity contribution >= 4 is 41.4 Å². The number of nitrogens with zero attached hydrogens (tertiary/aromatic N) is 4. The van der Waals surface area contributed by atoms with Crippen molar-refractivity contribution in [3.63, 3.8) is 0 Å². The third-order valence-corrected chi connectivity index (χ3v) is 30.0. The molecule has 6 rings (SSSR count). The monoisotopic (exact) mass is 661 g/mol. The van der Waals surface area contributed by atoms with Crippen molar-refractivity contribution in [2.45, 2.75) is 11.9 Å². The number of rotatable bonds is 8. The minimum atomic E-state index is -4.65. The van der Waals surface area contributed by atoms with Gasteiger partial charge in [-0.25, -0.2) is 0 Å². The number of hydrogen-bond acceptors (Lipinski definition) is 4. The summed E-state index contributed by atoms with van der Waals surface area (Å²) in [5.74, 6) is 0. The Morgan fingerprint density at radius 1 is 0.432 bits per heavy atom. The number of hydrogen-bond donors (Lipinski definition) is 0. The Morgan fingerprint density at radius 3 is 1.07 bits per heavy atom. The third-order valence-electron chi connectivity index (χ3n) is 10.6. The van der Waals surface area contributed by atoms with Gasteiger partial charge in [0.1, 0.15) is 0 Å². The molecule has 0 aromatic heterocycles. The van der Waals surface area contributed by atoms with Crippen LogP contribution in [0.25, 0.3) is 12.2 Å². The Hall–Kier alpha value is -3.56. The zero-order chi connectivity index (χ0) is 31.4. The van der Waals surface area contributed by atoms with Gasteiger partial charge in [-0.15, -0.1) is 0 Å². The van der Waals surface area contributed by atoms with Crippen molar-refractivity contribution in [3.05, 3.63) is 119 Å². The molecule has 0 amide bonds. The van der Waals surface area contributed by atoms with Gasteiger partial charge in [0.2, 0.25) is 0 Å². The molecule has 0 heterocycles. The topological polar surface area (TPSA) is 13.0 Å². The molecule has 0 saturated heterocycles. The Kier molecular flexibility index (Phi) is 7.69. The summed E-state index contributed by atoms with van der Waals surface area (Å²) in [5.41, 5.74) is 10.8. The first-order chi connectivity index (χ1) is 21.0. The van der Waals surface area contributed by atoms with E-state index >= 15 is 0 Å². The summed E-state index contributed by atoms with van der Waals surface area (Å²) in [6.07, 6.45) is 10.1. The fourth-order valence-corrected chi connectivity index (χ4v) is 27.1. The SMILES string of the molecule is CN(C)c1ccc(N(C)C)c2c1C=C[CH]2[Zr]([CH3])([c]1ccccc1)([c]1ccccc1)[CH]1C=Cc2c(N(C)C)ccc(N(C)C)c21. The number of fused-ring (bicyclic) bond motifs is 2. The van der Waals surface area contributed by atoms with Crippen LogP contribution in [0.4, 0.5) is 22.7 Å². The molecule has 0 fully saturated rings. The van der Waals surface area contributed by atoms with Crippen molar-refractivity contribution in [2.24, 2.45) is 0 Å². The standard InChI is InChI=1S/2C13H17N2.2C6H5.CH3.Zr/c2*1-14(2)12-8-9-13(15(3)4)11-7-5-6-10(11)12;2*1-2-4-6-5-3-1;;/h2*5-9H,1-4H3;2*1-5H;1H3;. The molecular weight excluding hydrogens is 616 g/mol. The van der Waals surface area contributed by atoms with Crippen LogP contribution in [0, 0.1) is 0 Å². The van der Waals surface area contributed by atoms with Gasteiger partial charge in [-0.1, -0.05) is 0 Å². The summed E-state index contributed by atoms with van der Waals surface area (Å²) in [7, 11) is 17.5. The minimum absolute atomic E-state index is 0.243. The molecule has 0 aliphatic heterocycles. The van der Waals surface area contributed by atoms with Crippen molar-refractivity contribution in [2.75, 3.05) is 76.0 Å². The van der Waals surface area contributed by atoms with Crippen LogP contribution in [0.1, 0.15) is 29.5 Å². The molecule has 4 nitrogen and oxygen atoms in total. The van der Waals surface area contributed by atoms with Gasteiger partial charge in [0.05, 0.1) is 0 Å². The van der Waals surface area contributed by atoms with Crippen LogP contribution >= 0.6 is 0 Å². The van der Waals surface area contributed by atoms with Crippen molar-refractivity contribution < 1.29 is 18.8 Å². The predicted molar refractivity (Wildman–Crippen MR) is 192 cm³/mol. The fourth-order valence-electron chi connectivity index (χ4n) is 8.45. The second-order valence-electron chi connectivity index (χ2n) is 13.8. The summed E-state index contributed by atoms with van der Waals surface area (Å²) < 4.78 is 6.28. The molecule has 44 heavy (non-hydrogen) atoms. The van der Waals surface area contributed by atoms with Gasteiger partial charge in [0.15, 0.2) is 0 Å². The normalized spacial score (nSPS) is 17.5. The molecule has 2 aliphatic carbocycles. The average Bonchev–Trinajstić information content (AvgIpc) is 3.67. The maximum absolute atomic E-state index is 4.65. The van der Waals surface area contributed by atoms with Gasteiger partial charge in [0, 0.05) is 0 Å². The van der Waals surface area contributed by atoms with Gasteiger partial charge in [-0.05, 0) is 0 Å². The maximum atomic E-state index is 2.75. The van der Waals surface area contributed by atoms with E-state index in [1.165, 1.54) is 51.5 Å². The van der Waals surface area contributed by atoms with Gasteiger partial charge in [-0.3, -0.25) is 0 Å². The first-order valence-electron chi connectivity index (χ1n) is 15.7. The van der Waals surface area contributed by atoms with Crippen LogP contribution in [0.5, 0.6) is 0 Å². The molecule has 2 atom stereocenters. The summed E-state index contributed by atoms with van der Waals surface area (Å²) in [6, 6.07) is 32.5. The summed E-state index contributed by atoms with van der Waals surface area (Å²) in [4.78, 5) is 9.19. The van der Waals surface area contributed by atoms with E-state index in [0.717, 1.165) is 0 Å². The van der Waals surface area contributed by atoms with Gasteiger partial charge >= 0.3 is 267 Å². The van der Waals surface area contributed by atoms with Gasteiger partial charge in [-0.2, -0.15) is 0 Å². The molecule has 2 unspecified atom stereocenters.